The van der Waals surface area contributed by atoms with Crippen molar-refractivity contribution in [3.05, 3.63) is 29.3 Å². The quantitative estimate of drug-likeness (QED) is 0.869. The van der Waals surface area contributed by atoms with Crippen molar-refractivity contribution in [2.45, 2.75) is 26.7 Å². The molecule has 106 valence electrons. The van der Waals surface area contributed by atoms with E-state index in [9.17, 15) is 0 Å². The second-order valence-electron chi connectivity index (χ2n) is 5.64. The molecule has 0 aliphatic carbocycles. The van der Waals surface area contributed by atoms with Crippen molar-refractivity contribution in [2.75, 3.05) is 39.5 Å². The maximum absolute atomic E-state index is 5.97. The van der Waals surface area contributed by atoms with E-state index < -0.39 is 0 Å². The van der Waals surface area contributed by atoms with Crippen LogP contribution in [0.2, 0.25) is 0 Å². The summed E-state index contributed by atoms with van der Waals surface area (Å²) in [5.41, 5.74) is 2.57. The lowest BCUT2D eigenvalue weighted by molar-refractivity contribution is -0.908. The van der Waals surface area contributed by atoms with Gasteiger partial charge in [-0.1, -0.05) is 26.0 Å². The highest BCUT2D eigenvalue weighted by molar-refractivity contribution is 5.37. The van der Waals surface area contributed by atoms with Crippen molar-refractivity contribution in [3.63, 3.8) is 0 Å². The van der Waals surface area contributed by atoms with Gasteiger partial charge < -0.3 is 14.4 Å². The molecule has 0 unspecified atom stereocenters. The highest BCUT2D eigenvalue weighted by atomic mass is 16.5. The molecule has 0 saturated carbocycles. The molecule has 1 saturated heterocycles. The number of hydrogen-bond acceptors (Lipinski definition) is 2. The van der Waals surface area contributed by atoms with Crippen LogP contribution in [-0.4, -0.2) is 39.5 Å². The van der Waals surface area contributed by atoms with E-state index in [1.807, 2.05) is 0 Å². The van der Waals surface area contributed by atoms with Crippen molar-refractivity contribution < 1.29 is 14.4 Å². The molecule has 1 N–H and O–H groups in total. The van der Waals surface area contributed by atoms with Gasteiger partial charge in [-0.3, -0.25) is 0 Å². The molecule has 1 aliphatic heterocycles. The van der Waals surface area contributed by atoms with Gasteiger partial charge in [-0.2, -0.15) is 0 Å². The van der Waals surface area contributed by atoms with Gasteiger partial charge in [0, 0.05) is 0 Å². The molecule has 0 bridgehead atoms. The molecule has 0 radical (unpaired) electrons. The van der Waals surface area contributed by atoms with E-state index in [-0.39, 0.29) is 0 Å². The van der Waals surface area contributed by atoms with E-state index in [2.05, 4.69) is 39.0 Å². The predicted octanol–water partition coefficient (Wildman–Crippen LogP) is 1.41. The molecule has 2 rings (SSSR count). The second kappa shape index (κ2) is 6.92. The third kappa shape index (κ3) is 4.22. The molecule has 0 aromatic heterocycles. The van der Waals surface area contributed by atoms with Crippen molar-refractivity contribution in [1.82, 2.24) is 0 Å². The van der Waals surface area contributed by atoms with Crippen molar-refractivity contribution in [2.24, 2.45) is 0 Å². The normalized spacial score (nSPS) is 16.8. The Morgan fingerprint density at radius 1 is 1.26 bits per heavy atom. The summed E-state index contributed by atoms with van der Waals surface area (Å²) in [6.45, 7) is 12.4. The number of quaternary nitrogens is 1. The topological polar surface area (TPSA) is 22.9 Å². The minimum Gasteiger partial charge on any atom is -0.487 e. The Labute approximate surface area is 116 Å². The van der Waals surface area contributed by atoms with E-state index >= 15 is 0 Å². The molecule has 1 aliphatic rings. The first-order chi connectivity index (χ1) is 9.16. The van der Waals surface area contributed by atoms with Crippen LogP contribution in [0.25, 0.3) is 0 Å². The third-order valence-electron chi connectivity index (χ3n) is 3.79. The minimum atomic E-state index is 0.549. The smallest absolute Gasteiger partial charge is 0.137 e. The Kier molecular flexibility index (Phi) is 5.23. The van der Waals surface area contributed by atoms with Gasteiger partial charge in [0.2, 0.25) is 0 Å². The van der Waals surface area contributed by atoms with Crippen molar-refractivity contribution in [1.29, 1.82) is 0 Å². The van der Waals surface area contributed by atoms with Crippen LogP contribution in [-0.2, 0) is 4.74 Å². The average Bonchev–Trinajstić information content (AvgIpc) is 2.42. The van der Waals surface area contributed by atoms with Gasteiger partial charge in [-0.05, 0) is 30.0 Å². The van der Waals surface area contributed by atoms with Gasteiger partial charge in [0.25, 0.3) is 0 Å². The fraction of sp³-hybridized carbons (Fsp3) is 0.625. The zero-order valence-electron chi connectivity index (χ0n) is 12.4. The molecular weight excluding hydrogens is 238 g/mol. The molecule has 1 aromatic carbocycles. The van der Waals surface area contributed by atoms with Crippen LogP contribution < -0.4 is 9.64 Å². The van der Waals surface area contributed by atoms with Gasteiger partial charge in [0.05, 0.1) is 13.2 Å². The summed E-state index contributed by atoms with van der Waals surface area (Å²) in [4.78, 5) is 1.59. The Hall–Kier alpha value is -1.06. The maximum atomic E-state index is 5.97. The van der Waals surface area contributed by atoms with Gasteiger partial charge in [-0.15, -0.1) is 0 Å². The third-order valence-corrected chi connectivity index (χ3v) is 3.79. The molecule has 1 fully saturated rings. The fourth-order valence-corrected chi connectivity index (χ4v) is 2.35. The van der Waals surface area contributed by atoms with Gasteiger partial charge in [-0.25, -0.2) is 0 Å². The van der Waals surface area contributed by atoms with Crippen LogP contribution in [0.3, 0.4) is 0 Å². The van der Waals surface area contributed by atoms with Gasteiger partial charge in [0.15, 0.2) is 0 Å². The lowest BCUT2D eigenvalue weighted by atomic mass is 10.0. The number of morpholine rings is 1. The van der Waals surface area contributed by atoms with Crippen LogP contribution in [0.15, 0.2) is 18.2 Å². The average molecular weight is 264 g/mol. The number of nitrogens with one attached hydrogen (secondary N) is 1. The Morgan fingerprint density at radius 2 is 2.00 bits per heavy atom. The van der Waals surface area contributed by atoms with Crippen LogP contribution in [0.1, 0.15) is 30.9 Å². The summed E-state index contributed by atoms with van der Waals surface area (Å²) in [7, 11) is 0. The molecule has 0 spiro atoms. The first-order valence-electron chi connectivity index (χ1n) is 7.31. The van der Waals surface area contributed by atoms with Gasteiger partial charge >= 0.3 is 0 Å². The first-order valence-corrected chi connectivity index (χ1v) is 7.31. The lowest BCUT2D eigenvalue weighted by Gasteiger charge is -2.23. The first kappa shape index (κ1) is 14.4. The molecule has 0 amide bonds. The van der Waals surface area contributed by atoms with E-state index in [0.29, 0.717) is 5.92 Å². The second-order valence-corrected chi connectivity index (χ2v) is 5.64. The highest BCUT2D eigenvalue weighted by Crippen LogP contribution is 2.24. The summed E-state index contributed by atoms with van der Waals surface area (Å²) < 4.78 is 11.3. The maximum Gasteiger partial charge on any atom is 0.137 e. The van der Waals surface area contributed by atoms with E-state index in [4.69, 9.17) is 9.47 Å². The van der Waals surface area contributed by atoms with Crippen LogP contribution in [0.4, 0.5) is 0 Å². The molecule has 1 heterocycles. The van der Waals surface area contributed by atoms with Crippen molar-refractivity contribution >= 4 is 0 Å². The Bertz CT molecular complexity index is 398. The monoisotopic (exact) mass is 264 g/mol. The Morgan fingerprint density at radius 3 is 2.68 bits per heavy atom. The molecule has 3 heteroatoms. The zero-order chi connectivity index (χ0) is 13.7. The number of aryl methyl sites for hydroxylation is 1. The lowest BCUT2D eigenvalue weighted by Crippen LogP contribution is -3.14. The molecular formula is C16H26NO2+. The highest BCUT2D eigenvalue weighted by Gasteiger charge is 2.13. The van der Waals surface area contributed by atoms with Crippen LogP contribution in [0.5, 0.6) is 5.75 Å². The fourth-order valence-electron chi connectivity index (χ4n) is 2.35. The van der Waals surface area contributed by atoms with Crippen LogP contribution >= 0.6 is 0 Å². The standard InChI is InChI=1S/C16H25NO2/c1-13(2)15-5-4-14(3)16(12-15)19-11-8-17-6-9-18-10-7-17/h4-5,12-13H,6-11H2,1-3H3/p+1. The summed E-state index contributed by atoms with van der Waals surface area (Å²) in [6, 6.07) is 6.54. The number of ether oxygens (including phenoxy) is 2. The molecule has 3 nitrogen and oxygen atoms in total. The van der Waals surface area contributed by atoms with Gasteiger partial charge in [0.1, 0.15) is 32.0 Å². The number of rotatable bonds is 5. The predicted molar refractivity (Wildman–Crippen MR) is 77.1 cm³/mol. The largest absolute Gasteiger partial charge is 0.487 e. The molecule has 0 atom stereocenters. The number of hydrogen-bond donors (Lipinski definition) is 1. The summed E-state index contributed by atoms with van der Waals surface area (Å²) in [5, 5.41) is 0. The van der Waals surface area contributed by atoms with Crippen molar-refractivity contribution in [3.8, 4) is 5.75 Å². The van der Waals surface area contributed by atoms with E-state index in [1.165, 1.54) is 11.1 Å². The van der Waals surface area contributed by atoms with Crippen LogP contribution in [0, 0.1) is 6.92 Å². The SMILES string of the molecule is Cc1ccc(C(C)C)cc1OCC[NH+]1CCOCC1. The summed E-state index contributed by atoms with van der Waals surface area (Å²) in [6.07, 6.45) is 0. The summed E-state index contributed by atoms with van der Waals surface area (Å²) >= 11 is 0. The molecule has 1 aromatic rings. The molecule has 19 heavy (non-hydrogen) atoms. The Balaban J connectivity index is 1.86. The zero-order valence-corrected chi connectivity index (χ0v) is 12.4. The van der Waals surface area contributed by atoms with E-state index in [0.717, 1.165) is 45.2 Å². The number of benzene rings is 1. The minimum absolute atomic E-state index is 0.549. The summed E-state index contributed by atoms with van der Waals surface area (Å²) in [5.74, 6) is 1.59. The van der Waals surface area contributed by atoms with E-state index in [1.54, 1.807) is 4.90 Å².